The normalized spacial score (nSPS) is 13.6. The Bertz CT molecular complexity index is 4630. The summed E-state index contributed by atoms with van der Waals surface area (Å²) < 4.78 is 4.78. The molecule has 2 aromatic heterocycles. The molecule has 84 heavy (non-hydrogen) atoms. The molecular formula is C80H60N4. The molecule has 2 heterocycles. The molecule has 400 valence electrons. The van der Waals surface area contributed by atoms with Crippen molar-refractivity contribution in [2.24, 2.45) is 0 Å². The molecule has 4 nitrogen and oxygen atoms in total. The Labute approximate surface area is 490 Å². The highest BCUT2D eigenvalue weighted by Crippen LogP contribution is 2.53. The maximum Gasteiger partial charge on any atom is 0.0542 e. The number of anilines is 6. The Kier molecular flexibility index (Phi) is 11.2. The van der Waals surface area contributed by atoms with Crippen molar-refractivity contribution in [2.75, 3.05) is 9.80 Å². The standard InChI is InChI=1S/C80H60N4/c1-79(2)71-27-15-11-23-63(71)65-45-41-61(51-73(65)79)81(59-43-47-77-69(49-59)67-25-13-17-29-75(67)83(77)55-19-7-5-8-20-55)57-37-33-53(34-38-57)31-32-54-35-39-58(40-36-54)82(62-42-46-66-64-24-12-16-28-72(64)80(3,4)74(66)52-62)60-44-48-78-70(50-60)68-26-14-18-30-76(68)84(78)56-21-9-6-10-22-56/h5-52H,1-4H3/b32-31+. The minimum Gasteiger partial charge on any atom is -0.310 e. The van der Waals surface area contributed by atoms with Crippen molar-refractivity contribution in [3.8, 4) is 33.6 Å². The second kappa shape index (κ2) is 19.1. The van der Waals surface area contributed by atoms with Crippen molar-refractivity contribution in [3.05, 3.63) is 312 Å². The third-order valence-corrected chi connectivity index (χ3v) is 18.3. The average molecular weight is 1080 g/mol. The van der Waals surface area contributed by atoms with Crippen LogP contribution in [0.25, 0.3) is 89.4 Å². The predicted molar refractivity (Wildman–Crippen MR) is 355 cm³/mol. The van der Waals surface area contributed by atoms with Crippen molar-refractivity contribution in [1.29, 1.82) is 0 Å². The molecule has 0 unspecified atom stereocenters. The van der Waals surface area contributed by atoms with Crippen molar-refractivity contribution in [3.63, 3.8) is 0 Å². The van der Waals surface area contributed by atoms with Gasteiger partial charge in [0, 0.05) is 77.9 Å². The van der Waals surface area contributed by atoms with Crippen LogP contribution in [-0.2, 0) is 10.8 Å². The van der Waals surface area contributed by atoms with Crippen molar-refractivity contribution >= 4 is 89.9 Å². The van der Waals surface area contributed by atoms with E-state index in [0.717, 1.165) is 56.6 Å². The number of fused-ring (bicyclic) bond motifs is 12. The second-order valence-corrected chi connectivity index (χ2v) is 23.8. The lowest BCUT2D eigenvalue weighted by Crippen LogP contribution is -2.16. The molecule has 2 aliphatic rings. The molecule has 2 aliphatic carbocycles. The van der Waals surface area contributed by atoms with Gasteiger partial charge in [0.15, 0.2) is 0 Å². The van der Waals surface area contributed by atoms with Crippen LogP contribution in [0.15, 0.2) is 279 Å². The molecule has 14 aromatic rings. The highest BCUT2D eigenvalue weighted by molar-refractivity contribution is 6.12. The number of rotatable bonds is 10. The fourth-order valence-electron chi connectivity index (χ4n) is 14.1. The summed E-state index contributed by atoms with van der Waals surface area (Å²) in [6.07, 6.45) is 4.47. The number of nitrogens with zero attached hydrogens (tertiary/aromatic N) is 4. The van der Waals surface area contributed by atoms with Gasteiger partial charge < -0.3 is 18.9 Å². The minimum atomic E-state index is -0.141. The molecule has 0 fully saturated rings. The number of aromatic nitrogens is 2. The zero-order valence-corrected chi connectivity index (χ0v) is 47.5. The van der Waals surface area contributed by atoms with Gasteiger partial charge in [-0.15, -0.1) is 0 Å². The van der Waals surface area contributed by atoms with Crippen LogP contribution < -0.4 is 9.80 Å². The molecule has 0 spiro atoms. The number of benzene rings is 12. The van der Waals surface area contributed by atoms with E-state index in [1.54, 1.807) is 0 Å². The van der Waals surface area contributed by atoms with E-state index in [4.69, 9.17) is 0 Å². The minimum absolute atomic E-state index is 0.141. The first-order valence-electron chi connectivity index (χ1n) is 29.3. The lowest BCUT2D eigenvalue weighted by atomic mass is 9.82. The molecule has 0 saturated heterocycles. The molecule has 16 rings (SSSR count). The maximum absolute atomic E-state index is 2.44. The third kappa shape index (κ3) is 7.74. The summed E-state index contributed by atoms with van der Waals surface area (Å²) in [5.41, 5.74) is 26.4. The van der Waals surface area contributed by atoms with Gasteiger partial charge in [-0.2, -0.15) is 0 Å². The molecule has 0 radical (unpaired) electrons. The van der Waals surface area contributed by atoms with E-state index in [0.29, 0.717) is 0 Å². The number of para-hydroxylation sites is 4. The molecule has 4 heteroatoms. The van der Waals surface area contributed by atoms with Gasteiger partial charge in [0.2, 0.25) is 0 Å². The van der Waals surface area contributed by atoms with E-state index in [-0.39, 0.29) is 10.8 Å². The Balaban J connectivity index is 0.761. The summed E-state index contributed by atoms with van der Waals surface area (Å²) in [5, 5.41) is 4.90. The highest BCUT2D eigenvalue weighted by Gasteiger charge is 2.37. The Morgan fingerprint density at radius 3 is 1.01 bits per heavy atom. The quantitative estimate of drug-likeness (QED) is 0.127. The first-order valence-corrected chi connectivity index (χ1v) is 29.3. The summed E-state index contributed by atoms with van der Waals surface area (Å²) >= 11 is 0. The van der Waals surface area contributed by atoms with E-state index >= 15 is 0 Å². The molecule has 0 N–H and O–H groups in total. The molecule has 0 aliphatic heterocycles. The molecule has 0 atom stereocenters. The zero-order valence-electron chi connectivity index (χ0n) is 47.5. The lowest BCUT2D eigenvalue weighted by Gasteiger charge is -2.28. The Hall–Kier alpha value is -10.4. The van der Waals surface area contributed by atoms with E-state index in [1.165, 1.54) is 88.1 Å². The molecule has 0 bridgehead atoms. The SMILES string of the molecule is CC1(C)c2ccccc2-c2ccc(N(c3ccc(/C=C/c4ccc(N(c5ccc6c(c5)C(C)(C)c5ccccc5-6)c5ccc6c(c5)c5ccccc5n6-c5ccccc5)cc4)cc3)c3ccc4c(c3)c3ccccc3n4-c3ccccc3)cc21. The van der Waals surface area contributed by atoms with Crippen molar-refractivity contribution in [2.45, 2.75) is 38.5 Å². The monoisotopic (exact) mass is 1080 g/mol. The molecule has 0 amide bonds. The topological polar surface area (TPSA) is 16.3 Å². The van der Waals surface area contributed by atoms with Crippen molar-refractivity contribution in [1.82, 2.24) is 9.13 Å². The van der Waals surface area contributed by atoms with Crippen molar-refractivity contribution < 1.29 is 0 Å². The lowest BCUT2D eigenvalue weighted by molar-refractivity contribution is 0.660. The van der Waals surface area contributed by atoms with E-state index in [1.807, 2.05) is 0 Å². The van der Waals surface area contributed by atoms with Crippen LogP contribution in [0.2, 0.25) is 0 Å². The first-order chi connectivity index (χ1) is 41.2. The van der Waals surface area contributed by atoms with Gasteiger partial charge in [0.25, 0.3) is 0 Å². The first kappa shape index (κ1) is 49.4. The highest BCUT2D eigenvalue weighted by atomic mass is 15.2. The van der Waals surface area contributed by atoms with Crippen LogP contribution in [0.5, 0.6) is 0 Å². The smallest absolute Gasteiger partial charge is 0.0542 e. The summed E-state index contributed by atoms with van der Waals surface area (Å²) in [7, 11) is 0. The van der Waals surface area contributed by atoms with E-state index < -0.39 is 0 Å². The predicted octanol–water partition coefficient (Wildman–Crippen LogP) is 21.6. The van der Waals surface area contributed by atoms with Gasteiger partial charge in [-0.25, -0.2) is 0 Å². The average Bonchev–Trinajstić information content (AvgIpc) is 2.19. The molecule has 12 aromatic carbocycles. The summed E-state index contributed by atoms with van der Waals surface area (Å²) in [4.78, 5) is 4.87. The molecule has 0 saturated carbocycles. The van der Waals surface area contributed by atoms with Gasteiger partial charge in [-0.3, -0.25) is 0 Å². The second-order valence-electron chi connectivity index (χ2n) is 23.8. The maximum atomic E-state index is 2.44. The van der Waals surface area contributed by atoms with Gasteiger partial charge in [-0.1, -0.05) is 198 Å². The van der Waals surface area contributed by atoms with Crippen LogP contribution in [0.3, 0.4) is 0 Å². The van der Waals surface area contributed by atoms with Crippen LogP contribution in [0.1, 0.15) is 61.1 Å². The van der Waals surface area contributed by atoms with Gasteiger partial charge in [0.1, 0.15) is 0 Å². The van der Waals surface area contributed by atoms with Crippen LogP contribution in [0.4, 0.5) is 34.1 Å². The number of hydrogen-bond donors (Lipinski definition) is 0. The van der Waals surface area contributed by atoms with E-state index in [9.17, 15) is 0 Å². The fraction of sp³-hybridized carbons (Fsp3) is 0.0750. The Morgan fingerprint density at radius 2 is 0.583 bits per heavy atom. The van der Waals surface area contributed by atoms with Gasteiger partial charge in [-0.05, 0) is 177 Å². The van der Waals surface area contributed by atoms with Crippen LogP contribution in [-0.4, -0.2) is 9.13 Å². The zero-order chi connectivity index (χ0) is 56.3. The van der Waals surface area contributed by atoms with Gasteiger partial charge >= 0.3 is 0 Å². The van der Waals surface area contributed by atoms with Gasteiger partial charge in [0.05, 0.1) is 22.1 Å². The third-order valence-electron chi connectivity index (χ3n) is 18.3. The summed E-state index contributed by atoms with van der Waals surface area (Å²) in [6, 6.07) is 103. The van der Waals surface area contributed by atoms with Crippen LogP contribution >= 0.6 is 0 Å². The summed E-state index contributed by atoms with van der Waals surface area (Å²) in [6.45, 7) is 9.45. The number of hydrogen-bond acceptors (Lipinski definition) is 2. The summed E-state index contributed by atoms with van der Waals surface area (Å²) in [5.74, 6) is 0. The van der Waals surface area contributed by atoms with E-state index in [2.05, 4.69) is 338 Å². The fourth-order valence-corrected chi connectivity index (χ4v) is 14.1. The Morgan fingerprint density at radius 1 is 0.262 bits per heavy atom. The van der Waals surface area contributed by atoms with Crippen LogP contribution in [0, 0.1) is 0 Å². The largest absolute Gasteiger partial charge is 0.310 e. The molecular weight excluding hydrogens is 1020 g/mol.